The molecule has 0 aliphatic carbocycles. The summed E-state index contributed by atoms with van der Waals surface area (Å²) in [4.78, 5) is 6.03. The molecule has 3 aromatic rings. The molecule has 0 radical (unpaired) electrons. The molecule has 5 nitrogen and oxygen atoms in total. The van der Waals surface area contributed by atoms with Gasteiger partial charge in [-0.1, -0.05) is 24.3 Å². The van der Waals surface area contributed by atoms with E-state index in [1.165, 1.54) is 10.9 Å². The first-order valence-electron chi connectivity index (χ1n) is 9.30. The fraction of sp³-hybridized carbons (Fsp3) is 0.333. The van der Waals surface area contributed by atoms with Crippen LogP contribution in [0, 0.1) is 13.8 Å². The topological polar surface area (TPSA) is 56.4 Å². The van der Waals surface area contributed by atoms with Gasteiger partial charge in [-0.05, 0) is 48.7 Å². The van der Waals surface area contributed by atoms with Crippen LogP contribution in [0.2, 0.25) is 0 Å². The molecule has 1 aromatic heterocycles. The van der Waals surface area contributed by atoms with Gasteiger partial charge in [0.05, 0.1) is 4.90 Å². The molecule has 1 N–H and O–H groups in total. The molecule has 0 unspecified atom stereocenters. The van der Waals surface area contributed by atoms with Crippen molar-refractivity contribution in [2.24, 2.45) is 0 Å². The van der Waals surface area contributed by atoms with E-state index in [0.717, 1.165) is 36.3 Å². The van der Waals surface area contributed by atoms with E-state index in [2.05, 4.69) is 28.2 Å². The van der Waals surface area contributed by atoms with E-state index in [-0.39, 0.29) is 0 Å². The summed E-state index contributed by atoms with van der Waals surface area (Å²) in [5.74, 6) is 0. The van der Waals surface area contributed by atoms with Gasteiger partial charge in [0, 0.05) is 49.8 Å². The number of hydrogen-bond donors (Lipinski definition) is 1. The molecule has 1 aliphatic heterocycles. The van der Waals surface area contributed by atoms with Crippen molar-refractivity contribution in [3.8, 4) is 0 Å². The Morgan fingerprint density at radius 2 is 1.70 bits per heavy atom. The predicted molar refractivity (Wildman–Crippen MR) is 108 cm³/mol. The largest absolute Gasteiger partial charge is 0.361 e. The third-order valence-electron chi connectivity index (χ3n) is 5.52. The van der Waals surface area contributed by atoms with Gasteiger partial charge in [0.25, 0.3) is 0 Å². The van der Waals surface area contributed by atoms with Crippen molar-refractivity contribution in [1.82, 2.24) is 14.2 Å². The van der Waals surface area contributed by atoms with Gasteiger partial charge in [-0.15, -0.1) is 0 Å². The van der Waals surface area contributed by atoms with Crippen molar-refractivity contribution in [2.75, 3.05) is 26.2 Å². The Balaban J connectivity index is 1.44. The van der Waals surface area contributed by atoms with Crippen LogP contribution in [0.4, 0.5) is 0 Å². The molecule has 142 valence electrons. The molecule has 0 saturated carbocycles. The monoisotopic (exact) mass is 383 g/mol. The van der Waals surface area contributed by atoms with Gasteiger partial charge in [-0.25, -0.2) is 8.42 Å². The fourth-order valence-electron chi connectivity index (χ4n) is 3.65. The number of aryl methyl sites for hydroxylation is 2. The highest BCUT2D eigenvalue weighted by atomic mass is 32.2. The lowest BCUT2D eigenvalue weighted by Gasteiger charge is -2.34. The van der Waals surface area contributed by atoms with Crippen molar-refractivity contribution in [1.29, 1.82) is 0 Å². The zero-order valence-corrected chi connectivity index (χ0v) is 16.6. The number of piperazine rings is 1. The minimum atomic E-state index is -3.42. The van der Waals surface area contributed by atoms with E-state index in [9.17, 15) is 8.42 Å². The van der Waals surface area contributed by atoms with E-state index in [1.54, 1.807) is 16.4 Å². The first-order valence-corrected chi connectivity index (χ1v) is 10.7. The van der Waals surface area contributed by atoms with Crippen molar-refractivity contribution < 1.29 is 8.42 Å². The summed E-state index contributed by atoms with van der Waals surface area (Å²) in [5.41, 5.74) is 4.52. The molecule has 4 rings (SSSR count). The number of nitrogens with one attached hydrogen (secondary N) is 1. The highest BCUT2D eigenvalue weighted by Gasteiger charge is 2.28. The van der Waals surface area contributed by atoms with Gasteiger partial charge in [0.1, 0.15) is 0 Å². The van der Waals surface area contributed by atoms with Crippen LogP contribution in [0.3, 0.4) is 0 Å². The van der Waals surface area contributed by atoms with E-state index >= 15 is 0 Å². The van der Waals surface area contributed by atoms with Crippen molar-refractivity contribution in [2.45, 2.75) is 25.3 Å². The van der Waals surface area contributed by atoms with Crippen LogP contribution >= 0.6 is 0 Å². The molecule has 0 atom stereocenters. The highest BCUT2D eigenvalue weighted by molar-refractivity contribution is 7.89. The van der Waals surface area contributed by atoms with Gasteiger partial charge >= 0.3 is 0 Å². The number of aromatic amines is 1. The number of H-pyrrole nitrogens is 1. The Bertz CT molecular complexity index is 1060. The van der Waals surface area contributed by atoms with E-state index in [4.69, 9.17) is 0 Å². The zero-order chi connectivity index (χ0) is 19.0. The lowest BCUT2D eigenvalue weighted by molar-refractivity contribution is 0.182. The van der Waals surface area contributed by atoms with E-state index in [1.807, 2.05) is 32.0 Å². The third-order valence-corrected chi connectivity index (χ3v) is 7.41. The fourth-order valence-corrected chi connectivity index (χ4v) is 5.16. The Kier molecular flexibility index (Phi) is 4.80. The van der Waals surface area contributed by atoms with Gasteiger partial charge in [-0.3, -0.25) is 4.90 Å². The van der Waals surface area contributed by atoms with Crippen molar-refractivity contribution in [3.05, 3.63) is 65.4 Å². The van der Waals surface area contributed by atoms with Crippen LogP contribution in [0.15, 0.2) is 53.6 Å². The number of nitrogens with zero attached hydrogens (tertiary/aromatic N) is 2. The number of para-hydroxylation sites is 1. The second kappa shape index (κ2) is 7.11. The minimum absolute atomic E-state index is 0.399. The Morgan fingerprint density at radius 3 is 2.44 bits per heavy atom. The van der Waals surface area contributed by atoms with Crippen LogP contribution in [-0.4, -0.2) is 48.8 Å². The number of aromatic nitrogens is 1. The SMILES string of the molecule is Cc1ccc(S(=O)(=O)N2CCN(Cc3c[nH]c4ccccc34)CC2)cc1C. The zero-order valence-electron chi connectivity index (χ0n) is 15.8. The maximum Gasteiger partial charge on any atom is 0.243 e. The molecule has 6 heteroatoms. The third kappa shape index (κ3) is 3.52. The standard InChI is InChI=1S/C21H25N3O2S/c1-16-7-8-19(13-17(16)2)27(25,26)24-11-9-23(10-12-24)15-18-14-22-21-6-4-3-5-20(18)21/h3-8,13-14,22H,9-12,15H2,1-2H3. The first-order chi connectivity index (χ1) is 12.9. The molecule has 0 spiro atoms. The summed E-state index contributed by atoms with van der Waals surface area (Å²) in [5, 5.41) is 1.24. The van der Waals surface area contributed by atoms with E-state index in [0.29, 0.717) is 18.0 Å². The number of hydrogen-bond acceptors (Lipinski definition) is 3. The average molecular weight is 384 g/mol. The summed E-state index contributed by atoms with van der Waals surface area (Å²) in [6, 6.07) is 13.7. The number of sulfonamides is 1. The smallest absolute Gasteiger partial charge is 0.243 e. The van der Waals surface area contributed by atoms with Gasteiger partial charge in [0.2, 0.25) is 10.0 Å². The van der Waals surface area contributed by atoms with Gasteiger partial charge in [0.15, 0.2) is 0 Å². The van der Waals surface area contributed by atoms with Crippen LogP contribution in [0.25, 0.3) is 10.9 Å². The second-order valence-electron chi connectivity index (χ2n) is 7.29. The number of benzene rings is 2. The van der Waals surface area contributed by atoms with Gasteiger partial charge in [-0.2, -0.15) is 4.31 Å². The maximum absolute atomic E-state index is 13.0. The molecular formula is C21H25N3O2S. The average Bonchev–Trinajstić information content (AvgIpc) is 3.07. The highest BCUT2D eigenvalue weighted by Crippen LogP contribution is 2.23. The Hall–Kier alpha value is -2.15. The summed E-state index contributed by atoms with van der Waals surface area (Å²) >= 11 is 0. The summed E-state index contributed by atoms with van der Waals surface area (Å²) in [7, 11) is -3.42. The molecule has 2 heterocycles. The summed E-state index contributed by atoms with van der Waals surface area (Å²) in [6.07, 6.45) is 2.06. The summed E-state index contributed by atoms with van der Waals surface area (Å²) in [6.45, 7) is 7.31. The molecule has 27 heavy (non-hydrogen) atoms. The van der Waals surface area contributed by atoms with Crippen LogP contribution in [-0.2, 0) is 16.6 Å². The quantitative estimate of drug-likeness (QED) is 0.752. The molecule has 1 aliphatic rings. The number of fused-ring (bicyclic) bond motifs is 1. The Morgan fingerprint density at radius 1 is 0.963 bits per heavy atom. The minimum Gasteiger partial charge on any atom is -0.361 e. The lowest BCUT2D eigenvalue weighted by Crippen LogP contribution is -2.48. The molecule has 1 saturated heterocycles. The van der Waals surface area contributed by atoms with Crippen LogP contribution < -0.4 is 0 Å². The predicted octanol–water partition coefficient (Wildman–Crippen LogP) is 3.29. The molecule has 2 aromatic carbocycles. The maximum atomic E-state index is 13.0. The second-order valence-corrected chi connectivity index (χ2v) is 9.22. The normalized spacial score (nSPS) is 16.8. The lowest BCUT2D eigenvalue weighted by atomic mass is 10.1. The van der Waals surface area contributed by atoms with Crippen LogP contribution in [0.1, 0.15) is 16.7 Å². The molecule has 0 amide bonds. The van der Waals surface area contributed by atoms with E-state index < -0.39 is 10.0 Å². The Labute approximate surface area is 160 Å². The molecule has 1 fully saturated rings. The first kappa shape index (κ1) is 18.2. The summed E-state index contributed by atoms with van der Waals surface area (Å²) < 4.78 is 27.5. The molecule has 0 bridgehead atoms. The van der Waals surface area contributed by atoms with Crippen LogP contribution in [0.5, 0.6) is 0 Å². The van der Waals surface area contributed by atoms with Gasteiger partial charge < -0.3 is 4.98 Å². The van der Waals surface area contributed by atoms with Crippen molar-refractivity contribution in [3.63, 3.8) is 0 Å². The van der Waals surface area contributed by atoms with Crippen molar-refractivity contribution >= 4 is 20.9 Å². The molecular weight excluding hydrogens is 358 g/mol. The number of rotatable bonds is 4.